The van der Waals surface area contributed by atoms with E-state index in [1.165, 1.54) is 0 Å². The van der Waals surface area contributed by atoms with Gasteiger partial charge in [-0.15, -0.1) is 0 Å². The van der Waals surface area contributed by atoms with Gasteiger partial charge in [-0.05, 0) is 0 Å². The Labute approximate surface area is 45.7 Å². The van der Waals surface area contributed by atoms with Gasteiger partial charge in [0.1, 0.15) is 0 Å². The molecule has 0 aliphatic heterocycles. The zero-order valence-corrected chi connectivity index (χ0v) is 5.62. The van der Waals surface area contributed by atoms with Crippen LogP contribution in [0.2, 0.25) is 0 Å². The van der Waals surface area contributed by atoms with Gasteiger partial charge in [0.15, 0.2) is 0 Å². The Morgan fingerprint density at radius 1 is 1.33 bits per heavy atom. The topological polar surface area (TPSA) is 24.1 Å². The molecule has 36 valence electrons. The van der Waals surface area contributed by atoms with Gasteiger partial charge in [0.25, 0.3) is 0 Å². The Balaban J connectivity index is 2.99. The second-order valence-electron chi connectivity index (χ2n) is 0.829. The minimum atomic E-state index is 0.968. The van der Waals surface area contributed by atoms with Crippen LogP contribution in [0.4, 0.5) is 0 Å². The molecule has 0 rings (SSSR count). The van der Waals surface area contributed by atoms with Gasteiger partial charge in [-0.3, -0.25) is 0 Å². The standard InChI is InChI=1S/C3H8N2Se/c1-4-3(6)5-2/h1-2H3,(H2,4,5,6). The van der Waals surface area contributed by atoms with Crippen molar-refractivity contribution in [3.63, 3.8) is 0 Å². The molecule has 6 heavy (non-hydrogen) atoms. The van der Waals surface area contributed by atoms with Crippen LogP contribution in [-0.2, 0) is 0 Å². The molecule has 0 aromatic heterocycles. The van der Waals surface area contributed by atoms with Crippen LogP contribution in [0.1, 0.15) is 0 Å². The van der Waals surface area contributed by atoms with Crippen LogP contribution in [0.25, 0.3) is 0 Å². The van der Waals surface area contributed by atoms with Crippen molar-refractivity contribution >= 4 is 20.2 Å². The van der Waals surface area contributed by atoms with Gasteiger partial charge in [-0.1, -0.05) is 0 Å². The second kappa shape index (κ2) is 3.19. The SMILES string of the molecule is CNC(=[Se])NC. The average Bonchev–Trinajstić information content (AvgIpc) is 1.65. The first kappa shape index (κ1) is 5.99. The van der Waals surface area contributed by atoms with Crippen LogP contribution in [0.3, 0.4) is 0 Å². The Morgan fingerprint density at radius 2 is 1.67 bits per heavy atom. The maximum atomic E-state index is 2.86. The van der Waals surface area contributed by atoms with E-state index >= 15 is 0 Å². The third kappa shape index (κ3) is 2.24. The number of hydrogen-bond acceptors (Lipinski definition) is 2. The fourth-order valence-electron chi connectivity index (χ4n) is 0.125. The predicted octanol–water partition coefficient (Wildman–Crippen LogP) is -1.32. The van der Waals surface area contributed by atoms with Gasteiger partial charge in [0, 0.05) is 0 Å². The van der Waals surface area contributed by atoms with Crippen molar-refractivity contribution in [3.05, 3.63) is 0 Å². The summed E-state index contributed by atoms with van der Waals surface area (Å²) in [5.41, 5.74) is 0. The molecule has 0 unspecified atom stereocenters. The Kier molecular flexibility index (Phi) is 3.18. The molecule has 0 spiro atoms. The molecule has 0 saturated heterocycles. The van der Waals surface area contributed by atoms with E-state index in [-0.39, 0.29) is 0 Å². The van der Waals surface area contributed by atoms with Crippen LogP contribution < -0.4 is 10.6 Å². The van der Waals surface area contributed by atoms with E-state index < -0.39 is 0 Å². The molecular weight excluding hydrogens is 143 g/mol. The van der Waals surface area contributed by atoms with E-state index in [2.05, 4.69) is 26.2 Å². The molecule has 3 heteroatoms. The molecule has 0 aromatic carbocycles. The Morgan fingerprint density at radius 3 is 1.67 bits per heavy atom. The number of hydrogen-bond donors (Lipinski definition) is 2. The van der Waals surface area contributed by atoms with Crippen molar-refractivity contribution < 1.29 is 0 Å². The average molecular weight is 151 g/mol. The van der Waals surface area contributed by atoms with Crippen LogP contribution >= 0.6 is 0 Å². The third-order valence-electron chi connectivity index (χ3n) is 0.454. The first-order valence-electron chi connectivity index (χ1n) is 1.70. The van der Waals surface area contributed by atoms with E-state index in [9.17, 15) is 0 Å². The van der Waals surface area contributed by atoms with Crippen LogP contribution in [0.15, 0.2) is 0 Å². The first-order valence-corrected chi connectivity index (χ1v) is 2.56. The van der Waals surface area contributed by atoms with Crippen molar-refractivity contribution in [2.24, 2.45) is 0 Å². The second-order valence-corrected chi connectivity index (χ2v) is 1.69. The molecule has 2 nitrogen and oxygen atoms in total. The summed E-state index contributed by atoms with van der Waals surface area (Å²) in [4.78, 5) is 0. The summed E-state index contributed by atoms with van der Waals surface area (Å²) < 4.78 is 0.968. The van der Waals surface area contributed by atoms with Crippen LogP contribution in [0.5, 0.6) is 0 Å². The molecular formula is C3H8N2Se. The fourth-order valence-corrected chi connectivity index (χ4v) is 0.125. The van der Waals surface area contributed by atoms with Gasteiger partial charge in [0.05, 0.1) is 0 Å². The number of nitrogens with one attached hydrogen (secondary N) is 2. The maximum absolute atomic E-state index is 2.86. The van der Waals surface area contributed by atoms with Crippen molar-refractivity contribution in [2.75, 3.05) is 14.1 Å². The molecule has 0 atom stereocenters. The minimum absolute atomic E-state index is 0.968. The summed E-state index contributed by atoms with van der Waals surface area (Å²) >= 11 is 2.77. The van der Waals surface area contributed by atoms with Crippen molar-refractivity contribution in [2.45, 2.75) is 0 Å². The predicted molar refractivity (Wildman–Crippen MR) is 28.9 cm³/mol. The van der Waals surface area contributed by atoms with E-state index in [1.54, 1.807) is 0 Å². The summed E-state index contributed by atoms with van der Waals surface area (Å²) in [5, 5.41) is 5.73. The van der Waals surface area contributed by atoms with Gasteiger partial charge in [-0.2, -0.15) is 0 Å². The zero-order chi connectivity index (χ0) is 4.99. The normalized spacial score (nSPS) is 7.00. The van der Waals surface area contributed by atoms with Gasteiger partial charge in [0.2, 0.25) is 0 Å². The van der Waals surface area contributed by atoms with E-state index in [1.807, 2.05) is 14.1 Å². The first-order chi connectivity index (χ1) is 2.81. The monoisotopic (exact) mass is 152 g/mol. The van der Waals surface area contributed by atoms with Crippen molar-refractivity contribution in [1.82, 2.24) is 10.6 Å². The van der Waals surface area contributed by atoms with Gasteiger partial charge in [-0.25, -0.2) is 0 Å². The quantitative estimate of drug-likeness (QED) is 0.478. The van der Waals surface area contributed by atoms with Gasteiger partial charge < -0.3 is 0 Å². The Bertz CT molecular complexity index is 46.8. The molecule has 0 heterocycles. The summed E-state index contributed by atoms with van der Waals surface area (Å²) in [6.07, 6.45) is 0. The summed E-state index contributed by atoms with van der Waals surface area (Å²) in [7, 11) is 3.70. The molecule has 2 N–H and O–H groups in total. The molecule has 0 bridgehead atoms. The summed E-state index contributed by atoms with van der Waals surface area (Å²) in [5.74, 6) is 0. The molecule has 0 aromatic rings. The van der Waals surface area contributed by atoms with Crippen molar-refractivity contribution in [3.8, 4) is 0 Å². The van der Waals surface area contributed by atoms with E-state index in [0.29, 0.717) is 0 Å². The molecule has 0 aliphatic rings. The molecule has 0 aliphatic carbocycles. The van der Waals surface area contributed by atoms with Crippen LogP contribution in [0, 0.1) is 0 Å². The molecule has 0 saturated carbocycles. The summed E-state index contributed by atoms with van der Waals surface area (Å²) in [6, 6.07) is 0. The zero-order valence-electron chi connectivity index (χ0n) is 3.91. The molecule has 0 amide bonds. The Hall–Kier alpha value is -0.0105. The fraction of sp³-hybridized carbons (Fsp3) is 0.667. The van der Waals surface area contributed by atoms with Crippen LogP contribution in [-0.4, -0.2) is 34.3 Å². The van der Waals surface area contributed by atoms with Gasteiger partial charge >= 0.3 is 45.0 Å². The van der Waals surface area contributed by atoms with E-state index in [4.69, 9.17) is 0 Å². The van der Waals surface area contributed by atoms with Crippen molar-refractivity contribution in [1.29, 1.82) is 0 Å². The van der Waals surface area contributed by atoms with E-state index in [0.717, 1.165) is 4.67 Å². The third-order valence-corrected chi connectivity index (χ3v) is 1.31. The molecule has 0 fully saturated rings. The molecule has 0 radical (unpaired) electrons. The number of rotatable bonds is 2. The summed E-state index contributed by atoms with van der Waals surface area (Å²) in [6.45, 7) is 0.